The lowest BCUT2D eigenvalue weighted by molar-refractivity contribution is -0.143. The van der Waals surface area contributed by atoms with Crippen molar-refractivity contribution in [3.8, 4) is 0 Å². The summed E-state index contributed by atoms with van der Waals surface area (Å²) in [6, 6.07) is 5.56. The molecule has 0 saturated carbocycles. The Morgan fingerprint density at radius 3 is 2.24 bits per heavy atom. The van der Waals surface area contributed by atoms with Crippen LogP contribution in [0.2, 0.25) is 0 Å². The van der Waals surface area contributed by atoms with Gasteiger partial charge in [-0.05, 0) is 24.8 Å². The summed E-state index contributed by atoms with van der Waals surface area (Å²) in [6.45, 7) is -1.10. The number of carbonyl (C=O) groups excluding carboxylic acids is 3. The summed E-state index contributed by atoms with van der Waals surface area (Å²) in [7, 11) is 0. The van der Waals surface area contributed by atoms with Crippen LogP contribution in [0.3, 0.4) is 0 Å². The summed E-state index contributed by atoms with van der Waals surface area (Å²) in [5.74, 6) is -3.62. The van der Waals surface area contributed by atoms with Crippen LogP contribution in [0.15, 0.2) is 35.3 Å². The Morgan fingerprint density at radius 2 is 1.67 bits per heavy atom. The van der Waals surface area contributed by atoms with Gasteiger partial charge in [-0.1, -0.05) is 30.3 Å². The molecular weight excluding hydrogens is 434 g/mol. The third kappa shape index (κ3) is 10.9. The van der Waals surface area contributed by atoms with Crippen molar-refractivity contribution < 1.29 is 29.4 Å². The largest absolute Gasteiger partial charge is 0.480 e. The number of aliphatic hydroxyl groups excluding tert-OH is 1. The maximum Gasteiger partial charge on any atom is 0.328 e. The van der Waals surface area contributed by atoms with Crippen molar-refractivity contribution in [2.45, 2.75) is 37.4 Å². The summed E-state index contributed by atoms with van der Waals surface area (Å²) >= 11 is 0. The number of benzene rings is 1. The molecule has 3 amide bonds. The Balaban J connectivity index is 2.64. The molecule has 1 aromatic carbocycles. The first-order valence-electron chi connectivity index (χ1n) is 10.2. The van der Waals surface area contributed by atoms with E-state index in [0.717, 1.165) is 5.56 Å². The van der Waals surface area contributed by atoms with Gasteiger partial charge in [0.15, 0.2) is 5.96 Å². The minimum Gasteiger partial charge on any atom is -0.480 e. The molecule has 0 heterocycles. The molecule has 0 radical (unpaired) electrons. The maximum atomic E-state index is 12.4. The molecule has 0 spiro atoms. The topological polar surface area (TPSA) is 235 Å². The third-order valence-electron chi connectivity index (χ3n) is 4.45. The number of carboxylic acids is 1. The lowest BCUT2D eigenvalue weighted by atomic mass is 10.1. The molecule has 0 aliphatic heterocycles. The molecular formula is C20H31N7O6. The minimum atomic E-state index is -1.54. The van der Waals surface area contributed by atoms with E-state index in [1.54, 1.807) is 0 Å². The van der Waals surface area contributed by atoms with Gasteiger partial charge >= 0.3 is 5.97 Å². The van der Waals surface area contributed by atoms with E-state index in [1.807, 2.05) is 30.3 Å². The quantitative estimate of drug-likeness (QED) is 0.0782. The standard InChI is InChI=1S/C20H31N7O6/c21-13(9-12-5-2-1-3-6-12)17(30)25-10-16(29)26-14(7-4-8-24-20(22)23)18(31)27-15(11-28)19(32)33/h1-3,5-6,13-15,28H,4,7-11,21H2,(H,25,30)(H,26,29)(H,27,31)(H,32,33)(H4,22,23,24). The van der Waals surface area contributed by atoms with Gasteiger partial charge in [0.25, 0.3) is 0 Å². The van der Waals surface area contributed by atoms with Crippen LogP contribution in [-0.4, -0.2) is 77.7 Å². The van der Waals surface area contributed by atoms with Gasteiger partial charge in [-0.15, -0.1) is 0 Å². The van der Waals surface area contributed by atoms with Crippen LogP contribution in [0.25, 0.3) is 0 Å². The molecule has 0 aromatic heterocycles. The van der Waals surface area contributed by atoms with Crippen LogP contribution in [0.5, 0.6) is 0 Å². The predicted molar refractivity (Wildman–Crippen MR) is 120 cm³/mol. The van der Waals surface area contributed by atoms with Crippen LogP contribution < -0.4 is 33.2 Å². The highest BCUT2D eigenvalue weighted by Crippen LogP contribution is 2.02. The number of carboxylic acid groups (broad SMARTS) is 1. The molecule has 1 rings (SSSR count). The van der Waals surface area contributed by atoms with Gasteiger partial charge in [-0.2, -0.15) is 0 Å². The van der Waals surface area contributed by atoms with E-state index in [-0.39, 0.29) is 25.3 Å². The first-order chi connectivity index (χ1) is 15.6. The van der Waals surface area contributed by atoms with Crippen molar-refractivity contribution in [1.29, 1.82) is 0 Å². The average molecular weight is 466 g/mol. The Morgan fingerprint density at radius 1 is 1.00 bits per heavy atom. The van der Waals surface area contributed by atoms with Crippen LogP contribution >= 0.6 is 0 Å². The average Bonchev–Trinajstić information content (AvgIpc) is 2.77. The van der Waals surface area contributed by atoms with E-state index < -0.39 is 55.0 Å². The first kappa shape index (κ1) is 27.3. The number of carbonyl (C=O) groups is 4. The van der Waals surface area contributed by atoms with Gasteiger partial charge < -0.3 is 43.4 Å². The number of hydrogen-bond acceptors (Lipinski definition) is 7. The number of amides is 3. The van der Waals surface area contributed by atoms with Crippen LogP contribution in [0.1, 0.15) is 18.4 Å². The second-order valence-corrected chi connectivity index (χ2v) is 7.16. The fourth-order valence-electron chi connectivity index (χ4n) is 2.73. The second-order valence-electron chi connectivity index (χ2n) is 7.16. The van der Waals surface area contributed by atoms with Gasteiger partial charge in [0.2, 0.25) is 17.7 Å². The first-order valence-corrected chi connectivity index (χ1v) is 10.2. The molecule has 0 aliphatic carbocycles. The van der Waals surface area contributed by atoms with E-state index in [2.05, 4.69) is 20.9 Å². The summed E-state index contributed by atoms with van der Waals surface area (Å²) in [5.41, 5.74) is 17.2. The zero-order valence-corrected chi connectivity index (χ0v) is 18.1. The Hall–Kier alpha value is -3.71. The molecule has 1 aromatic rings. The highest BCUT2D eigenvalue weighted by Gasteiger charge is 2.26. The monoisotopic (exact) mass is 465 g/mol. The summed E-state index contributed by atoms with van der Waals surface area (Å²) < 4.78 is 0. The highest BCUT2D eigenvalue weighted by atomic mass is 16.4. The molecule has 0 fully saturated rings. The molecule has 33 heavy (non-hydrogen) atoms. The van der Waals surface area contributed by atoms with Crippen molar-refractivity contribution in [1.82, 2.24) is 16.0 Å². The van der Waals surface area contributed by atoms with Crippen LogP contribution in [-0.2, 0) is 25.6 Å². The van der Waals surface area contributed by atoms with Gasteiger partial charge in [-0.3, -0.25) is 19.4 Å². The van der Waals surface area contributed by atoms with Gasteiger partial charge in [0.05, 0.1) is 19.2 Å². The zero-order valence-electron chi connectivity index (χ0n) is 18.1. The number of aliphatic imine (C=N–C) groups is 1. The number of hydrogen-bond donors (Lipinski definition) is 8. The molecule has 3 unspecified atom stereocenters. The molecule has 182 valence electrons. The van der Waals surface area contributed by atoms with Gasteiger partial charge in [0.1, 0.15) is 12.1 Å². The van der Waals surface area contributed by atoms with Gasteiger partial charge in [0, 0.05) is 6.54 Å². The number of nitrogens with one attached hydrogen (secondary N) is 3. The predicted octanol–water partition coefficient (Wildman–Crippen LogP) is -3.23. The second kappa shape index (κ2) is 14.4. The summed E-state index contributed by atoms with van der Waals surface area (Å²) in [6.07, 6.45) is 0.650. The lowest BCUT2D eigenvalue weighted by Gasteiger charge is -2.21. The van der Waals surface area contributed by atoms with Crippen molar-refractivity contribution in [2.75, 3.05) is 19.7 Å². The zero-order chi connectivity index (χ0) is 24.8. The van der Waals surface area contributed by atoms with Crippen LogP contribution in [0, 0.1) is 0 Å². The minimum absolute atomic E-state index is 0.0770. The van der Waals surface area contributed by atoms with E-state index in [9.17, 15) is 19.2 Å². The Bertz CT molecular complexity index is 829. The molecule has 3 atom stereocenters. The van der Waals surface area contributed by atoms with E-state index in [0.29, 0.717) is 6.42 Å². The number of nitrogens with two attached hydrogens (primary N) is 3. The Kier molecular flexibility index (Phi) is 11.9. The van der Waals surface area contributed by atoms with Crippen molar-refractivity contribution in [3.05, 3.63) is 35.9 Å². The molecule has 11 N–H and O–H groups in total. The lowest BCUT2D eigenvalue weighted by Crippen LogP contribution is -2.54. The normalized spacial score (nSPS) is 13.2. The molecule has 0 bridgehead atoms. The fourth-order valence-corrected chi connectivity index (χ4v) is 2.73. The number of aliphatic hydroxyl groups is 1. The smallest absolute Gasteiger partial charge is 0.328 e. The number of guanidine groups is 1. The highest BCUT2D eigenvalue weighted by molar-refractivity contribution is 5.92. The van der Waals surface area contributed by atoms with Crippen molar-refractivity contribution >= 4 is 29.7 Å². The van der Waals surface area contributed by atoms with E-state index in [4.69, 9.17) is 27.4 Å². The molecule has 0 aliphatic rings. The van der Waals surface area contributed by atoms with Crippen LogP contribution in [0.4, 0.5) is 0 Å². The molecule has 13 nitrogen and oxygen atoms in total. The van der Waals surface area contributed by atoms with Crippen molar-refractivity contribution in [3.63, 3.8) is 0 Å². The van der Waals surface area contributed by atoms with Gasteiger partial charge in [-0.25, -0.2) is 4.79 Å². The third-order valence-corrected chi connectivity index (χ3v) is 4.45. The molecule has 0 saturated heterocycles. The molecule has 13 heteroatoms. The number of nitrogens with zero attached hydrogens (tertiary/aromatic N) is 1. The fraction of sp³-hybridized carbons (Fsp3) is 0.450. The number of rotatable bonds is 14. The summed E-state index contributed by atoms with van der Waals surface area (Å²) in [4.78, 5) is 51.7. The number of aliphatic carboxylic acids is 1. The maximum absolute atomic E-state index is 12.4. The Labute approximate surface area is 190 Å². The summed E-state index contributed by atoms with van der Waals surface area (Å²) in [5, 5.41) is 25.1. The van der Waals surface area contributed by atoms with E-state index in [1.165, 1.54) is 0 Å². The van der Waals surface area contributed by atoms with Crippen molar-refractivity contribution in [2.24, 2.45) is 22.2 Å². The SMILES string of the molecule is NC(N)=NCCCC(NC(=O)CNC(=O)C(N)Cc1ccccc1)C(=O)NC(CO)C(=O)O. The van der Waals surface area contributed by atoms with E-state index >= 15 is 0 Å².